The Kier molecular flexibility index (Phi) is 7.05. The molecule has 0 aliphatic heterocycles. The van der Waals surface area contributed by atoms with Gasteiger partial charge in [0.15, 0.2) is 0 Å². The lowest BCUT2D eigenvalue weighted by Gasteiger charge is -2.10. The van der Waals surface area contributed by atoms with Crippen LogP contribution in [0.1, 0.15) is 34.1 Å². The van der Waals surface area contributed by atoms with Crippen molar-refractivity contribution in [3.8, 4) is 22.3 Å². The second-order valence-corrected chi connectivity index (χ2v) is 9.72. The zero-order valence-corrected chi connectivity index (χ0v) is 20.4. The summed E-state index contributed by atoms with van der Waals surface area (Å²) in [6.07, 6.45) is 2.17. The molecule has 0 aliphatic rings. The van der Waals surface area contributed by atoms with E-state index >= 15 is 0 Å². The summed E-state index contributed by atoms with van der Waals surface area (Å²) in [5, 5.41) is 13.1. The van der Waals surface area contributed by atoms with Crippen LogP contribution in [0.4, 0.5) is 0 Å². The molecule has 0 unspecified atom stereocenters. The van der Waals surface area contributed by atoms with Crippen molar-refractivity contribution in [3.63, 3.8) is 0 Å². The first kappa shape index (κ1) is 24.9. The van der Waals surface area contributed by atoms with Crippen LogP contribution in [-0.4, -0.2) is 31.8 Å². The molecule has 0 amide bonds. The Hall–Kier alpha value is -4.21. The number of esters is 1. The molecule has 4 rings (SSSR count). The maximum absolute atomic E-state index is 13.0. The molecule has 0 bridgehead atoms. The predicted molar refractivity (Wildman–Crippen MR) is 139 cm³/mol. The van der Waals surface area contributed by atoms with Crippen molar-refractivity contribution in [2.24, 2.45) is 10.9 Å². The molecule has 1 heterocycles. The highest BCUT2D eigenvalue weighted by molar-refractivity contribution is 7.89. The van der Waals surface area contributed by atoms with E-state index in [1.165, 1.54) is 6.07 Å². The molecule has 0 spiro atoms. The maximum atomic E-state index is 13.0. The number of nitrogen functional groups attached to an aromatic ring is 1. The number of nitrogens with two attached hydrogens (primary N) is 2. The quantitative estimate of drug-likeness (QED) is 0.163. The van der Waals surface area contributed by atoms with Crippen molar-refractivity contribution in [3.05, 3.63) is 101 Å². The van der Waals surface area contributed by atoms with Gasteiger partial charge in [0.25, 0.3) is 0 Å². The van der Waals surface area contributed by atoms with Gasteiger partial charge in [0.05, 0.1) is 17.1 Å². The largest absolute Gasteiger partial charge is 0.462 e. The van der Waals surface area contributed by atoms with Gasteiger partial charge < -0.3 is 15.5 Å². The minimum atomic E-state index is -3.89. The summed E-state index contributed by atoms with van der Waals surface area (Å²) in [5.41, 5.74) is 10.8. The number of H-pyrrole nitrogens is 1. The lowest BCUT2D eigenvalue weighted by atomic mass is 9.97. The molecule has 0 fully saturated rings. The van der Waals surface area contributed by atoms with Gasteiger partial charge in [-0.15, -0.1) is 0 Å². The predicted octanol–water partition coefficient (Wildman–Crippen LogP) is 4.05. The maximum Gasteiger partial charge on any atom is 0.340 e. The number of ether oxygens (including phenoxy) is 1. The van der Waals surface area contributed by atoms with E-state index < -0.39 is 16.0 Å². The second-order valence-electron chi connectivity index (χ2n) is 8.19. The highest BCUT2D eigenvalue weighted by Gasteiger charge is 2.22. The summed E-state index contributed by atoms with van der Waals surface area (Å²) in [5.74, 6) is -0.478. The molecule has 0 saturated heterocycles. The third-order valence-electron chi connectivity index (χ3n) is 5.76. The molecule has 0 atom stereocenters. The molecule has 0 radical (unpaired) electrons. The zero-order valence-electron chi connectivity index (χ0n) is 19.6. The number of hydrogen-bond acceptors (Lipinski definition) is 5. The van der Waals surface area contributed by atoms with Crippen LogP contribution in [0.25, 0.3) is 22.3 Å². The monoisotopic (exact) mass is 502 g/mol. The zero-order chi connectivity index (χ0) is 25.9. The topological polar surface area (TPSA) is 152 Å². The van der Waals surface area contributed by atoms with Crippen LogP contribution in [0.5, 0.6) is 0 Å². The van der Waals surface area contributed by atoms with Crippen molar-refractivity contribution in [1.29, 1.82) is 5.41 Å². The van der Waals surface area contributed by atoms with Gasteiger partial charge in [0.2, 0.25) is 10.0 Å². The summed E-state index contributed by atoms with van der Waals surface area (Å²) in [4.78, 5) is 16.2. The number of carbonyl (C=O) groups excluding carboxylic acids is 1. The Morgan fingerprint density at radius 2 is 1.64 bits per heavy atom. The van der Waals surface area contributed by atoms with E-state index in [1.807, 2.05) is 30.3 Å². The van der Waals surface area contributed by atoms with E-state index in [2.05, 4.69) is 4.98 Å². The fraction of sp³-hybridized carbons (Fsp3) is 0.111. The van der Waals surface area contributed by atoms with Crippen LogP contribution in [0, 0.1) is 5.41 Å². The molecule has 1 aromatic heterocycles. The Labute approximate surface area is 209 Å². The number of amidine groups is 1. The van der Waals surface area contributed by atoms with Crippen LogP contribution in [0.3, 0.4) is 0 Å². The van der Waals surface area contributed by atoms with Gasteiger partial charge in [-0.3, -0.25) is 5.41 Å². The van der Waals surface area contributed by atoms with Crippen LogP contribution >= 0.6 is 0 Å². The molecule has 9 heteroatoms. The molecule has 0 saturated carbocycles. The van der Waals surface area contributed by atoms with Crippen molar-refractivity contribution in [2.75, 3.05) is 6.61 Å². The van der Waals surface area contributed by atoms with E-state index in [-0.39, 0.29) is 17.3 Å². The Morgan fingerprint density at radius 1 is 0.972 bits per heavy atom. The number of sulfonamides is 1. The average Bonchev–Trinajstić information content (AvgIpc) is 3.27. The number of aromatic nitrogens is 1. The molecule has 184 valence electrons. The van der Waals surface area contributed by atoms with Crippen molar-refractivity contribution in [2.45, 2.75) is 18.2 Å². The number of rotatable bonds is 8. The van der Waals surface area contributed by atoms with Gasteiger partial charge in [-0.2, -0.15) is 0 Å². The minimum absolute atomic E-state index is 0.0289. The molecular weight excluding hydrogens is 476 g/mol. The lowest BCUT2D eigenvalue weighted by molar-refractivity contribution is 0.0526. The Morgan fingerprint density at radius 3 is 2.28 bits per heavy atom. The molecule has 8 nitrogen and oxygen atoms in total. The van der Waals surface area contributed by atoms with E-state index in [4.69, 9.17) is 21.0 Å². The number of benzene rings is 3. The van der Waals surface area contributed by atoms with Crippen molar-refractivity contribution >= 4 is 21.8 Å². The van der Waals surface area contributed by atoms with Crippen LogP contribution in [0.15, 0.2) is 83.9 Å². The fourth-order valence-electron chi connectivity index (χ4n) is 4.11. The molecule has 36 heavy (non-hydrogen) atoms. The molecule has 0 aliphatic carbocycles. The van der Waals surface area contributed by atoms with Gasteiger partial charge >= 0.3 is 5.97 Å². The van der Waals surface area contributed by atoms with Gasteiger partial charge in [-0.1, -0.05) is 60.7 Å². The first-order chi connectivity index (χ1) is 17.2. The first-order valence-electron chi connectivity index (χ1n) is 11.2. The van der Waals surface area contributed by atoms with Gasteiger partial charge in [0.1, 0.15) is 5.84 Å². The lowest BCUT2D eigenvalue weighted by Crippen LogP contribution is -2.13. The summed E-state index contributed by atoms with van der Waals surface area (Å²) in [6.45, 7) is 1.98. The second kappa shape index (κ2) is 10.2. The molecule has 4 aromatic rings. The van der Waals surface area contributed by atoms with Gasteiger partial charge in [-0.25, -0.2) is 18.4 Å². The number of primary sulfonamides is 1. The number of carbonyl (C=O) groups is 1. The Bertz CT molecular complexity index is 1540. The van der Waals surface area contributed by atoms with Crippen molar-refractivity contribution < 1.29 is 17.9 Å². The molecular formula is C27H26N4O4S. The third-order valence-corrected chi connectivity index (χ3v) is 6.73. The smallest absolute Gasteiger partial charge is 0.340 e. The minimum Gasteiger partial charge on any atom is -0.462 e. The molecule has 3 aromatic carbocycles. The van der Waals surface area contributed by atoms with Gasteiger partial charge in [0, 0.05) is 35.0 Å². The highest BCUT2D eigenvalue weighted by Crippen LogP contribution is 2.32. The van der Waals surface area contributed by atoms with Crippen LogP contribution < -0.4 is 10.9 Å². The van der Waals surface area contributed by atoms with E-state index in [1.54, 1.807) is 49.5 Å². The van der Waals surface area contributed by atoms with Crippen LogP contribution in [-0.2, 0) is 21.2 Å². The summed E-state index contributed by atoms with van der Waals surface area (Å²) < 4.78 is 29.4. The number of nitrogens with one attached hydrogen (secondary N) is 2. The third kappa shape index (κ3) is 5.22. The normalized spacial score (nSPS) is 11.3. The first-order valence-corrected chi connectivity index (χ1v) is 12.8. The summed E-state index contributed by atoms with van der Waals surface area (Å²) in [7, 11) is -3.89. The summed E-state index contributed by atoms with van der Waals surface area (Å²) in [6, 6.07) is 21.0. The SMILES string of the molecule is CCOC(=O)c1c(-c2ccc(-c3ccccc3S(N)(=O)=O)cc2)c[nH]c1Cc1cccc(C(=N)N)c1. The van der Waals surface area contributed by atoms with E-state index in [0.29, 0.717) is 39.9 Å². The van der Waals surface area contributed by atoms with Crippen LogP contribution in [0.2, 0.25) is 0 Å². The highest BCUT2D eigenvalue weighted by atomic mass is 32.2. The summed E-state index contributed by atoms with van der Waals surface area (Å²) >= 11 is 0. The molecule has 6 N–H and O–H groups in total. The Balaban J connectivity index is 1.73. The standard InChI is InChI=1S/C27H26N4O4S/c1-2-35-27(32)25-22(16-31-23(25)15-17-6-5-7-20(14-17)26(28)29)19-12-10-18(11-13-19)21-8-3-4-9-24(21)36(30,33)34/h3-14,16,31H,2,15H2,1H3,(H3,28,29)(H2,30,33,34). The van der Waals surface area contributed by atoms with E-state index in [9.17, 15) is 13.2 Å². The average molecular weight is 503 g/mol. The van der Waals surface area contributed by atoms with E-state index in [0.717, 1.165) is 11.1 Å². The number of aromatic amines is 1. The van der Waals surface area contributed by atoms with Gasteiger partial charge in [-0.05, 0) is 35.7 Å². The number of hydrogen-bond donors (Lipinski definition) is 4. The fourth-order valence-corrected chi connectivity index (χ4v) is 4.87. The van der Waals surface area contributed by atoms with Crippen molar-refractivity contribution in [1.82, 2.24) is 4.98 Å².